The molecule has 4 rings (SSSR count). The molecule has 0 amide bonds. The Hall–Kier alpha value is -3.05. The Morgan fingerprint density at radius 3 is 2.55 bits per heavy atom. The van der Waals surface area contributed by atoms with Gasteiger partial charge in [0.05, 0.1) is 17.8 Å². The number of rotatable bonds is 4. The van der Waals surface area contributed by atoms with Gasteiger partial charge in [-0.25, -0.2) is 18.4 Å². The molecule has 152 valence electrons. The maximum Gasteiger partial charge on any atom is 0.211 e. The molecule has 2 aromatic heterocycles. The second-order valence-corrected chi connectivity index (χ2v) is 8.96. The number of hydrogen-bond acceptors (Lipinski definition) is 8. The molecule has 0 saturated carbocycles. The van der Waals surface area contributed by atoms with E-state index >= 15 is 0 Å². The third-order valence-corrected chi connectivity index (χ3v) is 6.41. The third-order valence-electron chi connectivity index (χ3n) is 5.10. The smallest absolute Gasteiger partial charge is 0.211 e. The molecule has 11 heteroatoms. The van der Waals surface area contributed by atoms with Gasteiger partial charge in [-0.2, -0.15) is 9.40 Å². The fourth-order valence-electron chi connectivity index (χ4n) is 3.54. The zero-order valence-corrected chi connectivity index (χ0v) is 17.0. The van der Waals surface area contributed by atoms with Gasteiger partial charge in [-0.1, -0.05) is 12.1 Å². The average molecular weight is 414 g/mol. The van der Waals surface area contributed by atoms with Crippen molar-refractivity contribution in [3.05, 3.63) is 30.0 Å². The second kappa shape index (κ2) is 7.08. The number of anilines is 2. The van der Waals surface area contributed by atoms with Gasteiger partial charge in [-0.15, -0.1) is 0 Å². The van der Waals surface area contributed by atoms with E-state index in [1.165, 1.54) is 16.8 Å². The number of aromatic nitrogens is 4. The molecular weight excluding hydrogens is 392 g/mol. The van der Waals surface area contributed by atoms with Crippen LogP contribution in [0.5, 0.6) is 0 Å². The first-order valence-corrected chi connectivity index (χ1v) is 10.9. The SMILES string of the molecule is Cn1ncc2c(N3CCN(S(C)(=O)=O)CC3)nc(-c3cccc(N)c3C=N)nc21. The van der Waals surface area contributed by atoms with E-state index in [9.17, 15) is 8.42 Å². The number of nitrogens with zero attached hydrogens (tertiary/aromatic N) is 6. The number of sulfonamides is 1. The van der Waals surface area contributed by atoms with Crippen LogP contribution in [0.25, 0.3) is 22.4 Å². The molecule has 1 saturated heterocycles. The van der Waals surface area contributed by atoms with E-state index in [-0.39, 0.29) is 0 Å². The standard InChI is InChI=1S/C18H22N8O2S/c1-24-17-14(11-21-24)18(25-6-8-26(9-7-25)29(2,27)28)23-16(22-17)12-4-3-5-15(20)13(12)10-19/h3-5,10-11,19H,6-9,20H2,1-2H3. The van der Waals surface area contributed by atoms with Gasteiger partial charge in [-0.3, -0.25) is 4.68 Å². The molecule has 0 atom stereocenters. The number of nitrogens with two attached hydrogens (primary N) is 1. The number of piperazine rings is 1. The molecule has 3 N–H and O–H groups in total. The van der Waals surface area contributed by atoms with Crippen LogP contribution < -0.4 is 10.6 Å². The number of nitrogen functional groups attached to an aromatic ring is 1. The van der Waals surface area contributed by atoms with E-state index in [2.05, 4.69) is 10.1 Å². The summed E-state index contributed by atoms with van der Waals surface area (Å²) in [6.45, 7) is 1.82. The Morgan fingerprint density at radius 2 is 1.90 bits per heavy atom. The van der Waals surface area contributed by atoms with Gasteiger partial charge in [0.1, 0.15) is 5.82 Å². The molecule has 29 heavy (non-hydrogen) atoms. The highest BCUT2D eigenvalue weighted by molar-refractivity contribution is 7.88. The van der Waals surface area contributed by atoms with Gasteiger partial charge < -0.3 is 16.0 Å². The highest BCUT2D eigenvalue weighted by Crippen LogP contribution is 2.30. The van der Waals surface area contributed by atoms with Crippen LogP contribution in [0.15, 0.2) is 24.4 Å². The van der Waals surface area contributed by atoms with E-state index in [1.54, 1.807) is 30.1 Å². The van der Waals surface area contributed by atoms with Gasteiger partial charge in [0, 0.05) is 56.3 Å². The summed E-state index contributed by atoms with van der Waals surface area (Å²) < 4.78 is 26.8. The lowest BCUT2D eigenvalue weighted by atomic mass is 10.1. The summed E-state index contributed by atoms with van der Waals surface area (Å²) in [7, 11) is -1.41. The van der Waals surface area contributed by atoms with Crippen molar-refractivity contribution in [2.24, 2.45) is 7.05 Å². The van der Waals surface area contributed by atoms with E-state index in [4.69, 9.17) is 16.1 Å². The Kier molecular flexibility index (Phi) is 4.71. The second-order valence-electron chi connectivity index (χ2n) is 6.98. The number of benzene rings is 1. The maximum absolute atomic E-state index is 11.8. The van der Waals surface area contributed by atoms with Crippen LogP contribution in [-0.2, 0) is 17.1 Å². The first kappa shape index (κ1) is 19.3. The molecule has 0 aliphatic carbocycles. The van der Waals surface area contributed by atoms with Crippen molar-refractivity contribution >= 4 is 38.8 Å². The molecule has 1 aliphatic heterocycles. The number of hydrogen-bond donors (Lipinski definition) is 2. The Morgan fingerprint density at radius 1 is 1.17 bits per heavy atom. The Bertz CT molecular complexity index is 1200. The summed E-state index contributed by atoms with van der Waals surface area (Å²) in [6.07, 6.45) is 4.14. The predicted octanol–water partition coefficient (Wildman–Crippen LogP) is 0.692. The minimum Gasteiger partial charge on any atom is -0.398 e. The van der Waals surface area contributed by atoms with Gasteiger partial charge in [0.2, 0.25) is 10.0 Å². The van der Waals surface area contributed by atoms with Crippen molar-refractivity contribution in [1.29, 1.82) is 5.41 Å². The Balaban J connectivity index is 1.82. The third kappa shape index (κ3) is 3.42. The lowest BCUT2D eigenvalue weighted by Crippen LogP contribution is -2.48. The minimum atomic E-state index is -3.22. The molecule has 0 spiro atoms. The molecule has 1 aliphatic rings. The molecule has 0 bridgehead atoms. The van der Waals surface area contributed by atoms with Crippen molar-refractivity contribution in [3.8, 4) is 11.4 Å². The fourth-order valence-corrected chi connectivity index (χ4v) is 4.37. The van der Waals surface area contributed by atoms with Crippen molar-refractivity contribution in [3.63, 3.8) is 0 Å². The highest BCUT2D eigenvalue weighted by atomic mass is 32.2. The van der Waals surface area contributed by atoms with Crippen molar-refractivity contribution in [2.45, 2.75) is 0 Å². The lowest BCUT2D eigenvalue weighted by molar-refractivity contribution is 0.387. The zero-order valence-electron chi connectivity index (χ0n) is 16.2. The van der Waals surface area contributed by atoms with Crippen molar-refractivity contribution in [1.82, 2.24) is 24.1 Å². The number of aryl methyl sites for hydroxylation is 1. The first-order chi connectivity index (χ1) is 13.8. The molecular formula is C18H22N8O2S. The predicted molar refractivity (Wildman–Crippen MR) is 113 cm³/mol. The van der Waals surface area contributed by atoms with Crippen LogP contribution >= 0.6 is 0 Å². The molecule has 1 fully saturated rings. The molecule has 3 heterocycles. The van der Waals surface area contributed by atoms with Gasteiger partial charge in [-0.05, 0) is 6.07 Å². The minimum absolute atomic E-state index is 0.393. The van der Waals surface area contributed by atoms with E-state index in [1.807, 2.05) is 11.0 Å². The van der Waals surface area contributed by atoms with Crippen molar-refractivity contribution in [2.75, 3.05) is 43.1 Å². The fraction of sp³-hybridized carbons (Fsp3) is 0.333. The van der Waals surface area contributed by atoms with E-state index < -0.39 is 10.0 Å². The molecule has 3 aromatic rings. The van der Waals surface area contributed by atoms with Crippen LogP contribution in [0.2, 0.25) is 0 Å². The quantitative estimate of drug-likeness (QED) is 0.474. The Labute approximate surface area is 168 Å². The van der Waals surface area contributed by atoms with E-state index in [0.29, 0.717) is 60.3 Å². The molecule has 0 unspecified atom stereocenters. The van der Waals surface area contributed by atoms with Crippen LogP contribution in [0.1, 0.15) is 5.56 Å². The lowest BCUT2D eigenvalue weighted by Gasteiger charge is -2.34. The molecule has 1 aromatic carbocycles. The summed E-state index contributed by atoms with van der Waals surface area (Å²) in [5, 5.41) is 12.8. The topological polar surface area (TPSA) is 134 Å². The first-order valence-electron chi connectivity index (χ1n) is 9.08. The number of fused-ring (bicyclic) bond motifs is 1. The average Bonchev–Trinajstić information content (AvgIpc) is 3.07. The van der Waals surface area contributed by atoms with Gasteiger partial charge in [0.15, 0.2) is 11.5 Å². The molecule has 0 radical (unpaired) electrons. The van der Waals surface area contributed by atoms with Crippen molar-refractivity contribution < 1.29 is 8.42 Å². The van der Waals surface area contributed by atoms with Crippen LogP contribution in [0, 0.1) is 5.41 Å². The van der Waals surface area contributed by atoms with Gasteiger partial charge in [0.25, 0.3) is 0 Å². The summed E-state index contributed by atoms with van der Waals surface area (Å²) in [5.74, 6) is 1.15. The van der Waals surface area contributed by atoms with Gasteiger partial charge >= 0.3 is 0 Å². The summed E-state index contributed by atoms with van der Waals surface area (Å²) in [6, 6.07) is 5.37. The normalized spacial score (nSPS) is 15.7. The maximum atomic E-state index is 11.8. The number of nitrogens with one attached hydrogen (secondary N) is 1. The largest absolute Gasteiger partial charge is 0.398 e. The monoisotopic (exact) mass is 414 g/mol. The van der Waals surface area contributed by atoms with E-state index in [0.717, 1.165) is 5.39 Å². The summed E-state index contributed by atoms with van der Waals surface area (Å²) >= 11 is 0. The zero-order chi connectivity index (χ0) is 20.8. The summed E-state index contributed by atoms with van der Waals surface area (Å²) in [5.41, 5.74) is 8.40. The van der Waals surface area contributed by atoms with Crippen LogP contribution in [-0.4, -0.2) is 71.1 Å². The highest BCUT2D eigenvalue weighted by Gasteiger charge is 2.26. The summed E-state index contributed by atoms with van der Waals surface area (Å²) in [4.78, 5) is 11.5. The van der Waals surface area contributed by atoms with Crippen LogP contribution in [0.4, 0.5) is 11.5 Å². The molecule has 10 nitrogen and oxygen atoms in total. The van der Waals surface area contributed by atoms with Crippen LogP contribution in [0.3, 0.4) is 0 Å².